The second kappa shape index (κ2) is 9.44. The molecule has 0 unspecified atom stereocenters. The molecular weight excluding hydrogens is 243 g/mol. The molecule has 0 bridgehead atoms. The van der Waals surface area contributed by atoms with Crippen LogP contribution in [0, 0.1) is 5.92 Å². The molecule has 0 rings (SSSR count). The Morgan fingerprint density at radius 1 is 1.25 bits per heavy atom. The molecule has 0 aromatic rings. The Balaban J connectivity index is 5.03. The summed E-state index contributed by atoms with van der Waals surface area (Å²) >= 11 is 0. The van der Waals surface area contributed by atoms with Gasteiger partial charge in [0.15, 0.2) is 0 Å². The molecule has 0 aromatic heterocycles. The van der Waals surface area contributed by atoms with E-state index in [2.05, 4.69) is 54.2 Å². The van der Waals surface area contributed by atoms with Crippen LogP contribution < -0.4 is 0 Å². The molecule has 0 aromatic carbocycles. The summed E-state index contributed by atoms with van der Waals surface area (Å²) < 4.78 is 5.89. The molecule has 0 heterocycles. The van der Waals surface area contributed by atoms with Crippen LogP contribution in [0.3, 0.4) is 0 Å². The zero-order valence-corrected chi connectivity index (χ0v) is 14.9. The van der Waals surface area contributed by atoms with E-state index in [9.17, 15) is 0 Å². The van der Waals surface area contributed by atoms with E-state index >= 15 is 0 Å². The fraction of sp³-hybridized carbons (Fsp3) is 0.778. The van der Waals surface area contributed by atoms with Gasteiger partial charge in [0.05, 0.1) is 0 Å². The van der Waals surface area contributed by atoms with Crippen LogP contribution in [0.15, 0.2) is 23.7 Å². The molecule has 0 spiro atoms. The Kier molecular flexibility index (Phi) is 9.21. The monoisotopic (exact) mass is 278 g/mol. The molecule has 0 saturated carbocycles. The number of unbranched alkanes of at least 4 members (excludes halogenated alkanes) is 3. The fourth-order valence-corrected chi connectivity index (χ4v) is 2.59. The molecule has 0 fully saturated rings. The van der Waals surface area contributed by atoms with Gasteiger partial charge in [-0.1, -0.05) is 84.0 Å². The Hall–Kier alpha value is -0.495. The van der Waals surface area contributed by atoms with Gasteiger partial charge in [0.25, 0.3) is 0 Å². The Labute approximate surface area is 128 Å². The number of hydrogen-bond donors (Lipinski definition) is 0. The van der Waals surface area contributed by atoms with E-state index in [0.29, 0.717) is 5.92 Å². The van der Waals surface area contributed by atoms with Crippen molar-refractivity contribution >= 4 is 6.92 Å². The van der Waals surface area contributed by atoms with Crippen LogP contribution in [0.1, 0.15) is 73.6 Å². The zero-order chi connectivity index (χ0) is 15.8. The largest absolute Gasteiger partial charge is 0.433 e. The van der Waals surface area contributed by atoms with E-state index in [1.807, 2.05) is 7.11 Å². The quantitative estimate of drug-likeness (QED) is 0.267. The van der Waals surface area contributed by atoms with Crippen LogP contribution in [0.2, 0.25) is 5.31 Å². The molecule has 116 valence electrons. The van der Waals surface area contributed by atoms with Gasteiger partial charge >= 0.3 is 6.92 Å². The van der Waals surface area contributed by atoms with E-state index in [-0.39, 0.29) is 12.2 Å². The second-order valence-electron chi connectivity index (χ2n) is 6.97. The van der Waals surface area contributed by atoms with Crippen molar-refractivity contribution in [2.45, 2.75) is 79.0 Å². The predicted octanol–water partition coefficient (Wildman–Crippen LogP) is 6.07. The minimum atomic E-state index is 0.140. The smallest absolute Gasteiger partial charge is 0.328 e. The molecule has 20 heavy (non-hydrogen) atoms. The summed E-state index contributed by atoms with van der Waals surface area (Å²) in [5.74, 6) is 0.580. The number of allylic oxidation sites excluding steroid dienone is 3. The lowest BCUT2D eigenvalue weighted by atomic mass is 9.38. The van der Waals surface area contributed by atoms with Gasteiger partial charge in [0.2, 0.25) is 0 Å². The van der Waals surface area contributed by atoms with E-state index in [1.54, 1.807) is 0 Å². The third-order valence-electron chi connectivity index (χ3n) is 4.49. The SMILES string of the molecule is C=C(C)/C=C(\CCCCCC)B(OC)C(C)(C)C(C)C. The van der Waals surface area contributed by atoms with Gasteiger partial charge in [0.1, 0.15) is 0 Å². The average molecular weight is 278 g/mol. The first-order valence-electron chi connectivity index (χ1n) is 8.16. The van der Waals surface area contributed by atoms with Gasteiger partial charge in [-0.05, 0) is 24.6 Å². The standard InChI is InChI=1S/C18H35BO/c1-9-10-11-12-13-17(14-15(2)3)19(20-8)18(6,7)16(4)5/h14,16H,2,9-13H2,1,3-8H3/b17-14+. The minimum absolute atomic E-state index is 0.140. The maximum Gasteiger partial charge on any atom is 0.328 e. The normalized spacial score (nSPS) is 12.9. The Morgan fingerprint density at radius 3 is 2.25 bits per heavy atom. The number of hydrogen-bond acceptors (Lipinski definition) is 1. The predicted molar refractivity (Wildman–Crippen MR) is 93.3 cm³/mol. The van der Waals surface area contributed by atoms with Gasteiger partial charge in [-0.25, -0.2) is 0 Å². The fourth-order valence-electron chi connectivity index (χ4n) is 2.59. The van der Waals surface area contributed by atoms with Crippen LogP contribution in [0.5, 0.6) is 0 Å². The van der Waals surface area contributed by atoms with Crippen molar-refractivity contribution in [2.24, 2.45) is 5.92 Å². The van der Waals surface area contributed by atoms with Crippen LogP contribution >= 0.6 is 0 Å². The molecule has 0 saturated heterocycles. The van der Waals surface area contributed by atoms with E-state index in [1.165, 1.54) is 31.2 Å². The van der Waals surface area contributed by atoms with Crippen molar-refractivity contribution in [2.75, 3.05) is 7.11 Å². The third-order valence-corrected chi connectivity index (χ3v) is 4.49. The first-order valence-corrected chi connectivity index (χ1v) is 8.16. The molecular formula is C18H35BO. The van der Waals surface area contributed by atoms with Gasteiger partial charge in [-0.2, -0.15) is 0 Å². The molecule has 0 aliphatic rings. The Morgan fingerprint density at radius 2 is 1.85 bits per heavy atom. The van der Waals surface area contributed by atoms with E-state index in [0.717, 1.165) is 12.0 Å². The second-order valence-corrected chi connectivity index (χ2v) is 6.97. The van der Waals surface area contributed by atoms with E-state index in [4.69, 9.17) is 4.65 Å². The summed E-state index contributed by atoms with van der Waals surface area (Å²) in [4.78, 5) is 0. The molecule has 0 radical (unpaired) electrons. The van der Waals surface area contributed by atoms with Crippen molar-refractivity contribution in [3.05, 3.63) is 23.7 Å². The lowest BCUT2D eigenvalue weighted by Gasteiger charge is -2.35. The molecule has 0 atom stereocenters. The first-order chi connectivity index (χ1) is 9.27. The summed E-state index contributed by atoms with van der Waals surface area (Å²) in [5.41, 5.74) is 2.53. The maximum atomic E-state index is 5.89. The molecule has 1 nitrogen and oxygen atoms in total. The Bertz CT molecular complexity index is 315. The zero-order valence-electron chi connectivity index (χ0n) is 14.9. The summed E-state index contributed by atoms with van der Waals surface area (Å²) in [6.45, 7) is 17.7. The summed E-state index contributed by atoms with van der Waals surface area (Å²) in [7, 11) is 1.84. The molecule has 0 N–H and O–H groups in total. The third kappa shape index (κ3) is 6.30. The highest BCUT2D eigenvalue weighted by Gasteiger charge is 2.39. The maximum absolute atomic E-state index is 5.89. The minimum Gasteiger partial charge on any atom is -0.433 e. The van der Waals surface area contributed by atoms with Crippen LogP contribution in [-0.2, 0) is 4.65 Å². The van der Waals surface area contributed by atoms with Crippen molar-refractivity contribution in [1.29, 1.82) is 0 Å². The van der Waals surface area contributed by atoms with Gasteiger partial charge in [-0.15, -0.1) is 0 Å². The lowest BCUT2D eigenvalue weighted by molar-refractivity contribution is 0.351. The van der Waals surface area contributed by atoms with Gasteiger partial charge < -0.3 is 4.65 Å². The highest BCUT2D eigenvalue weighted by atomic mass is 16.4. The average Bonchev–Trinajstić information content (AvgIpc) is 2.33. The highest BCUT2D eigenvalue weighted by molar-refractivity contribution is 6.63. The molecule has 2 heteroatoms. The topological polar surface area (TPSA) is 9.23 Å². The van der Waals surface area contributed by atoms with Crippen molar-refractivity contribution in [3.8, 4) is 0 Å². The lowest BCUT2D eigenvalue weighted by Crippen LogP contribution is -2.36. The van der Waals surface area contributed by atoms with E-state index < -0.39 is 0 Å². The van der Waals surface area contributed by atoms with Crippen LogP contribution in [0.4, 0.5) is 0 Å². The van der Waals surface area contributed by atoms with Crippen molar-refractivity contribution < 1.29 is 4.65 Å². The molecule has 0 aliphatic carbocycles. The van der Waals surface area contributed by atoms with Crippen molar-refractivity contribution in [1.82, 2.24) is 0 Å². The van der Waals surface area contributed by atoms with Gasteiger partial charge in [-0.3, -0.25) is 0 Å². The molecule has 0 aliphatic heterocycles. The summed E-state index contributed by atoms with van der Waals surface area (Å²) in [6.07, 6.45) is 8.53. The first kappa shape index (κ1) is 19.5. The summed E-state index contributed by atoms with van der Waals surface area (Å²) in [6, 6.07) is 0. The van der Waals surface area contributed by atoms with Crippen LogP contribution in [0.25, 0.3) is 0 Å². The summed E-state index contributed by atoms with van der Waals surface area (Å²) in [5, 5.41) is 0.140. The van der Waals surface area contributed by atoms with Crippen molar-refractivity contribution in [3.63, 3.8) is 0 Å². The highest BCUT2D eigenvalue weighted by Crippen LogP contribution is 2.41. The molecule has 0 amide bonds. The van der Waals surface area contributed by atoms with Gasteiger partial charge in [0, 0.05) is 7.11 Å². The number of rotatable bonds is 10. The van der Waals surface area contributed by atoms with Crippen LogP contribution in [-0.4, -0.2) is 14.0 Å².